The van der Waals surface area contributed by atoms with Gasteiger partial charge >= 0.3 is 0 Å². The van der Waals surface area contributed by atoms with Crippen LogP contribution in [0.3, 0.4) is 0 Å². The van der Waals surface area contributed by atoms with Crippen molar-refractivity contribution >= 4 is 11.6 Å². The van der Waals surface area contributed by atoms with Crippen LogP contribution in [0.5, 0.6) is 0 Å². The van der Waals surface area contributed by atoms with Crippen LogP contribution in [0.15, 0.2) is 36.9 Å². The van der Waals surface area contributed by atoms with Crippen LogP contribution in [-0.2, 0) is 17.8 Å². The normalized spacial score (nSPS) is 16.7. The molecule has 1 aliphatic heterocycles. The molecule has 2 atom stereocenters. The van der Waals surface area contributed by atoms with Crippen molar-refractivity contribution in [3.63, 3.8) is 0 Å². The van der Waals surface area contributed by atoms with Gasteiger partial charge in [-0.25, -0.2) is 4.98 Å². The van der Waals surface area contributed by atoms with E-state index in [1.165, 1.54) is 11.1 Å². The highest BCUT2D eigenvalue weighted by Crippen LogP contribution is 2.32. The molecule has 1 aliphatic rings. The van der Waals surface area contributed by atoms with Crippen LogP contribution in [0.1, 0.15) is 43.7 Å². The quantitative estimate of drug-likeness (QED) is 0.916. The van der Waals surface area contributed by atoms with Gasteiger partial charge in [0.25, 0.3) is 0 Å². The molecule has 2 heterocycles. The van der Waals surface area contributed by atoms with Crippen molar-refractivity contribution in [3.05, 3.63) is 48.0 Å². The van der Waals surface area contributed by atoms with E-state index in [1.807, 2.05) is 18.7 Å². The van der Waals surface area contributed by atoms with E-state index in [9.17, 15) is 4.79 Å². The number of imidazole rings is 1. The number of nitrogens with zero attached hydrogens (tertiary/aromatic N) is 2. The number of amides is 1. The Kier molecular flexibility index (Phi) is 4.27. The maximum Gasteiger partial charge on any atom is 0.224 e. The summed E-state index contributed by atoms with van der Waals surface area (Å²) >= 11 is 0. The molecule has 4 nitrogen and oxygen atoms in total. The predicted molar refractivity (Wildman–Crippen MR) is 87.8 cm³/mol. The van der Waals surface area contributed by atoms with Crippen molar-refractivity contribution in [1.82, 2.24) is 9.55 Å². The van der Waals surface area contributed by atoms with Gasteiger partial charge in [-0.2, -0.15) is 0 Å². The first-order chi connectivity index (χ1) is 10.7. The van der Waals surface area contributed by atoms with Gasteiger partial charge in [0.15, 0.2) is 0 Å². The summed E-state index contributed by atoms with van der Waals surface area (Å²) in [5.41, 5.74) is 3.60. The van der Waals surface area contributed by atoms with E-state index < -0.39 is 0 Å². The van der Waals surface area contributed by atoms with E-state index in [4.69, 9.17) is 0 Å². The molecule has 2 unspecified atom stereocenters. The average Bonchev–Trinajstić information content (AvgIpc) is 3.04. The lowest BCUT2D eigenvalue weighted by atomic mass is 9.84. The highest BCUT2D eigenvalue weighted by molar-refractivity contribution is 5.93. The minimum Gasteiger partial charge on any atom is -0.337 e. The predicted octanol–water partition coefficient (Wildman–Crippen LogP) is 3.60. The molecule has 0 saturated carbocycles. The molecule has 0 radical (unpaired) electrons. The van der Waals surface area contributed by atoms with Gasteiger partial charge in [-0.15, -0.1) is 0 Å². The first-order valence-corrected chi connectivity index (χ1v) is 8.05. The summed E-state index contributed by atoms with van der Waals surface area (Å²) in [7, 11) is 0. The second-order valence-corrected chi connectivity index (χ2v) is 6.22. The molecule has 0 fully saturated rings. The molecular formula is C18H23N3O. The zero-order valence-corrected chi connectivity index (χ0v) is 13.2. The zero-order valence-electron chi connectivity index (χ0n) is 13.2. The summed E-state index contributed by atoms with van der Waals surface area (Å²) in [6.45, 7) is 5.49. The van der Waals surface area contributed by atoms with E-state index in [0.717, 1.165) is 25.1 Å². The monoisotopic (exact) mass is 297 g/mol. The van der Waals surface area contributed by atoms with Crippen molar-refractivity contribution in [2.24, 2.45) is 5.92 Å². The summed E-state index contributed by atoms with van der Waals surface area (Å²) in [6.07, 6.45) is 8.31. The van der Waals surface area contributed by atoms with Crippen LogP contribution in [0.2, 0.25) is 0 Å². The lowest BCUT2D eigenvalue weighted by Gasteiger charge is -2.26. The SMILES string of the molecule is CCC(C)C(Cn1ccnc1)c1ccc2c(c1)CCC(=O)N2. The zero-order chi connectivity index (χ0) is 15.5. The number of carbonyl (C=O) groups is 1. The van der Waals surface area contributed by atoms with Crippen LogP contribution in [-0.4, -0.2) is 15.5 Å². The summed E-state index contributed by atoms with van der Waals surface area (Å²) in [5.74, 6) is 1.18. The Morgan fingerprint density at radius 3 is 2.95 bits per heavy atom. The molecule has 0 saturated heterocycles. The topological polar surface area (TPSA) is 46.9 Å². The fourth-order valence-electron chi connectivity index (χ4n) is 3.15. The molecule has 116 valence electrons. The highest BCUT2D eigenvalue weighted by atomic mass is 16.1. The molecule has 0 bridgehead atoms. The standard InChI is InChI=1S/C18H23N3O/c1-3-13(2)16(11-21-9-8-19-12-21)14-4-6-17-15(10-14)5-7-18(22)20-17/h4,6,8-10,12-13,16H,3,5,7,11H2,1-2H3,(H,20,22). The Morgan fingerprint density at radius 1 is 1.36 bits per heavy atom. The van der Waals surface area contributed by atoms with Crippen molar-refractivity contribution in [1.29, 1.82) is 0 Å². The lowest BCUT2D eigenvalue weighted by molar-refractivity contribution is -0.116. The van der Waals surface area contributed by atoms with Crippen molar-refractivity contribution in [3.8, 4) is 0 Å². The van der Waals surface area contributed by atoms with Crippen LogP contribution in [0.4, 0.5) is 5.69 Å². The van der Waals surface area contributed by atoms with Gasteiger partial charge in [0.2, 0.25) is 5.91 Å². The van der Waals surface area contributed by atoms with Gasteiger partial charge in [0.05, 0.1) is 6.33 Å². The van der Waals surface area contributed by atoms with Crippen molar-refractivity contribution < 1.29 is 4.79 Å². The van der Waals surface area contributed by atoms with Crippen LogP contribution in [0, 0.1) is 5.92 Å². The van der Waals surface area contributed by atoms with Crippen molar-refractivity contribution in [2.45, 2.75) is 45.6 Å². The number of carbonyl (C=O) groups excluding carboxylic acids is 1. The van der Waals surface area contributed by atoms with E-state index >= 15 is 0 Å². The third-order valence-electron chi connectivity index (χ3n) is 4.75. The number of aryl methyl sites for hydroxylation is 1. The number of hydrogen-bond donors (Lipinski definition) is 1. The third kappa shape index (κ3) is 3.06. The van der Waals surface area contributed by atoms with Crippen LogP contribution < -0.4 is 5.32 Å². The lowest BCUT2D eigenvalue weighted by Crippen LogP contribution is -2.20. The summed E-state index contributed by atoms with van der Waals surface area (Å²) < 4.78 is 2.15. The van der Waals surface area contributed by atoms with Gasteiger partial charge in [-0.05, 0) is 29.5 Å². The summed E-state index contributed by atoms with van der Waals surface area (Å²) in [4.78, 5) is 15.6. The molecule has 3 rings (SSSR count). The van der Waals surface area contributed by atoms with E-state index in [1.54, 1.807) is 0 Å². The second kappa shape index (κ2) is 6.34. The van der Waals surface area contributed by atoms with Gasteiger partial charge in [-0.3, -0.25) is 4.79 Å². The molecule has 2 aromatic rings. The first kappa shape index (κ1) is 14.8. The number of aromatic nitrogens is 2. The number of benzene rings is 1. The Labute approximate surface area is 131 Å². The largest absolute Gasteiger partial charge is 0.337 e. The molecule has 1 amide bonds. The maximum atomic E-state index is 11.5. The summed E-state index contributed by atoms with van der Waals surface area (Å²) in [6, 6.07) is 6.51. The Balaban J connectivity index is 1.89. The van der Waals surface area contributed by atoms with Crippen LogP contribution in [0.25, 0.3) is 0 Å². The van der Waals surface area contributed by atoms with Gasteiger partial charge in [0, 0.05) is 37.0 Å². The Bertz CT molecular complexity index is 648. The number of fused-ring (bicyclic) bond motifs is 1. The van der Waals surface area contributed by atoms with E-state index in [0.29, 0.717) is 18.3 Å². The molecule has 1 aromatic carbocycles. The van der Waals surface area contributed by atoms with Gasteiger partial charge in [-0.1, -0.05) is 32.4 Å². The van der Waals surface area contributed by atoms with Crippen LogP contribution >= 0.6 is 0 Å². The van der Waals surface area contributed by atoms with Gasteiger partial charge < -0.3 is 9.88 Å². The molecule has 22 heavy (non-hydrogen) atoms. The minimum absolute atomic E-state index is 0.122. The molecule has 0 spiro atoms. The molecule has 1 N–H and O–H groups in total. The summed E-state index contributed by atoms with van der Waals surface area (Å²) in [5, 5.41) is 2.96. The van der Waals surface area contributed by atoms with Crippen molar-refractivity contribution in [2.75, 3.05) is 5.32 Å². The first-order valence-electron chi connectivity index (χ1n) is 8.05. The third-order valence-corrected chi connectivity index (χ3v) is 4.75. The highest BCUT2D eigenvalue weighted by Gasteiger charge is 2.21. The number of anilines is 1. The fourth-order valence-corrected chi connectivity index (χ4v) is 3.15. The molecular weight excluding hydrogens is 274 g/mol. The smallest absolute Gasteiger partial charge is 0.224 e. The average molecular weight is 297 g/mol. The van der Waals surface area contributed by atoms with Gasteiger partial charge in [0.1, 0.15) is 0 Å². The Hall–Kier alpha value is -2.10. The minimum atomic E-state index is 0.122. The molecule has 0 aliphatic carbocycles. The number of rotatable bonds is 5. The van der Waals surface area contributed by atoms with E-state index in [2.05, 4.69) is 46.9 Å². The second-order valence-electron chi connectivity index (χ2n) is 6.22. The Morgan fingerprint density at radius 2 is 2.23 bits per heavy atom. The maximum absolute atomic E-state index is 11.5. The molecule has 4 heteroatoms. The fraction of sp³-hybridized carbons (Fsp3) is 0.444. The van der Waals surface area contributed by atoms with E-state index in [-0.39, 0.29) is 5.91 Å². The molecule has 1 aromatic heterocycles. The number of hydrogen-bond acceptors (Lipinski definition) is 2. The number of nitrogens with one attached hydrogen (secondary N) is 1.